The molecule has 0 radical (unpaired) electrons. The summed E-state index contributed by atoms with van der Waals surface area (Å²) in [5, 5.41) is 5.24. The number of anilines is 1. The number of aromatic nitrogens is 2. The average molecular weight is 452 g/mol. The normalized spacial score (nSPS) is 12.1. The number of hydrogen-bond donors (Lipinski definition) is 1. The van der Waals surface area contributed by atoms with E-state index in [1.54, 1.807) is 0 Å². The van der Waals surface area contributed by atoms with E-state index < -0.39 is 35.5 Å². The van der Waals surface area contributed by atoms with Crippen molar-refractivity contribution in [2.45, 2.75) is 12.4 Å². The second kappa shape index (κ2) is 7.63. The van der Waals surface area contributed by atoms with Crippen LogP contribution in [0.2, 0.25) is 5.02 Å². The Kier molecular flexibility index (Phi) is 5.50. The van der Waals surface area contributed by atoms with Gasteiger partial charge in [0.15, 0.2) is 5.69 Å². The van der Waals surface area contributed by atoms with Gasteiger partial charge in [0.25, 0.3) is 5.91 Å². The largest absolute Gasteiger partial charge is 0.435 e. The van der Waals surface area contributed by atoms with Crippen molar-refractivity contribution < 1.29 is 35.5 Å². The molecule has 0 atom stereocenters. The number of nitrogens with zero attached hydrogens (tertiary/aromatic N) is 2. The van der Waals surface area contributed by atoms with Crippen molar-refractivity contribution in [3.63, 3.8) is 0 Å². The smallest absolute Gasteiger partial charge is 0.322 e. The van der Waals surface area contributed by atoms with Crippen LogP contribution in [-0.4, -0.2) is 15.7 Å². The van der Waals surface area contributed by atoms with Crippen LogP contribution >= 0.6 is 11.6 Å². The van der Waals surface area contributed by atoms with E-state index in [4.69, 9.17) is 11.6 Å². The fraction of sp³-hybridized carbons (Fsp3) is 0.111. The number of carbonyl (C=O) groups excluding carboxylic acids is 1. The first-order chi connectivity index (χ1) is 13.9. The Morgan fingerprint density at radius 1 is 0.933 bits per heavy atom. The first-order valence-corrected chi connectivity index (χ1v) is 8.35. The van der Waals surface area contributed by atoms with Crippen LogP contribution in [0.1, 0.15) is 21.7 Å². The van der Waals surface area contributed by atoms with Gasteiger partial charge in [0, 0.05) is 11.8 Å². The summed E-state index contributed by atoms with van der Waals surface area (Å²) in [6.45, 7) is 0. The Bertz CT molecular complexity index is 1090. The molecule has 0 saturated carbocycles. The Labute approximate surface area is 168 Å². The molecule has 0 spiro atoms. The van der Waals surface area contributed by atoms with Crippen molar-refractivity contribution in [1.82, 2.24) is 9.78 Å². The number of amides is 1. The maximum atomic E-state index is 13.1. The molecule has 0 aliphatic rings. The van der Waals surface area contributed by atoms with E-state index in [1.807, 2.05) is 0 Å². The Hall–Kier alpha value is -3.08. The Morgan fingerprint density at radius 3 is 2.10 bits per heavy atom. The standard InChI is InChI=1S/C18H9ClF7N3O/c19-13-7-9(20)1-6-12(13)16(30)27-10-2-4-11(5-3-10)29-15(18(24,25)26)8-14(28-29)17(21,22)23/h1-8H,(H,27,30). The van der Waals surface area contributed by atoms with Gasteiger partial charge in [-0.15, -0.1) is 0 Å². The van der Waals surface area contributed by atoms with Crippen molar-refractivity contribution in [2.75, 3.05) is 5.32 Å². The highest BCUT2D eigenvalue weighted by Crippen LogP contribution is 2.36. The number of nitrogens with one attached hydrogen (secondary N) is 1. The summed E-state index contributed by atoms with van der Waals surface area (Å²) in [6.07, 6.45) is -10.1. The van der Waals surface area contributed by atoms with Crippen molar-refractivity contribution in [2.24, 2.45) is 0 Å². The summed E-state index contributed by atoms with van der Waals surface area (Å²) < 4.78 is 90.9. The van der Waals surface area contributed by atoms with Crippen LogP contribution in [0.3, 0.4) is 0 Å². The van der Waals surface area contributed by atoms with Gasteiger partial charge in [-0.05, 0) is 42.5 Å². The highest BCUT2D eigenvalue weighted by molar-refractivity contribution is 6.34. The summed E-state index contributed by atoms with van der Waals surface area (Å²) >= 11 is 5.78. The lowest BCUT2D eigenvalue weighted by atomic mass is 10.2. The summed E-state index contributed by atoms with van der Waals surface area (Å²) in [6, 6.07) is 7.41. The topological polar surface area (TPSA) is 46.9 Å². The van der Waals surface area contributed by atoms with Crippen molar-refractivity contribution in [3.05, 3.63) is 76.3 Å². The van der Waals surface area contributed by atoms with Gasteiger partial charge in [-0.25, -0.2) is 9.07 Å². The highest BCUT2D eigenvalue weighted by atomic mass is 35.5. The van der Waals surface area contributed by atoms with E-state index in [9.17, 15) is 35.5 Å². The SMILES string of the molecule is O=C(Nc1ccc(-n2nc(C(F)(F)F)cc2C(F)(F)F)cc1)c1ccc(F)cc1Cl. The maximum Gasteiger partial charge on any atom is 0.435 e. The second-order valence-corrected chi connectivity index (χ2v) is 6.35. The number of carbonyl (C=O) groups is 1. The van der Waals surface area contributed by atoms with Crippen molar-refractivity contribution in [1.29, 1.82) is 0 Å². The van der Waals surface area contributed by atoms with Crippen LogP contribution in [-0.2, 0) is 12.4 Å². The third-order valence-corrected chi connectivity index (χ3v) is 4.15. The second-order valence-electron chi connectivity index (χ2n) is 5.95. The number of rotatable bonds is 3. The maximum absolute atomic E-state index is 13.1. The van der Waals surface area contributed by atoms with Crippen LogP contribution in [0.5, 0.6) is 0 Å². The lowest BCUT2D eigenvalue weighted by Gasteiger charge is -2.11. The highest BCUT2D eigenvalue weighted by Gasteiger charge is 2.42. The Morgan fingerprint density at radius 2 is 1.57 bits per heavy atom. The average Bonchev–Trinajstić information content (AvgIpc) is 3.08. The predicted octanol–water partition coefficient (Wildman–Crippen LogP) is 5.95. The first-order valence-electron chi connectivity index (χ1n) is 7.97. The molecule has 1 amide bonds. The minimum atomic E-state index is -5.08. The van der Waals surface area contributed by atoms with Crippen LogP contribution < -0.4 is 5.32 Å². The zero-order valence-electron chi connectivity index (χ0n) is 14.4. The van der Waals surface area contributed by atoms with E-state index >= 15 is 0 Å². The van der Waals surface area contributed by atoms with Crippen LogP contribution in [0.4, 0.5) is 36.4 Å². The number of alkyl halides is 6. The van der Waals surface area contributed by atoms with E-state index in [0.717, 1.165) is 30.3 Å². The van der Waals surface area contributed by atoms with E-state index in [-0.39, 0.29) is 32.7 Å². The molecule has 0 aliphatic carbocycles. The zero-order chi connectivity index (χ0) is 22.3. The van der Waals surface area contributed by atoms with E-state index in [0.29, 0.717) is 0 Å². The molecule has 3 aromatic rings. The lowest BCUT2D eigenvalue weighted by Crippen LogP contribution is -2.14. The molecular formula is C18H9ClF7N3O. The molecule has 1 aromatic heterocycles. The van der Waals surface area contributed by atoms with Gasteiger partial charge in [-0.1, -0.05) is 11.6 Å². The third kappa shape index (κ3) is 4.56. The van der Waals surface area contributed by atoms with Gasteiger partial charge in [-0.3, -0.25) is 4.79 Å². The summed E-state index contributed by atoms with van der Waals surface area (Å²) in [4.78, 5) is 12.2. The molecular weight excluding hydrogens is 443 g/mol. The molecule has 1 heterocycles. The molecule has 2 aromatic carbocycles. The fourth-order valence-corrected chi connectivity index (χ4v) is 2.73. The quantitative estimate of drug-likeness (QED) is 0.500. The molecule has 158 valence electrons. The van der Waals surface area contributed by atoms with Crippen LogP contribution in [0.25, 0.3) is 5.69 Å². The molecule has 0 unspecified atom stereocenters. The van der Waals surface area contributed by atoms with E-state index in [2.05, 4.69) is 10.4 Å². The fourth-order valence-electron chi connectivity index (χ4n) is 2.48. The monoisotopic (exact) mass is 451 g/mol. The molecule has 0 aliphatic heterocycles. The molecule has 3 rings (SSSR count). The summed E-state index contributed by atoms with van der Waals surface area (Å²) in [5.74, 6) is -1.37. The molecule has 0 saturated heterocycles. The van der Waals surface area contributed by atoms with Crippen molar-refractivity contribution >= 4 is 23.2 Å². The first kappa shape index (κ1) is 21.6. The van der Waals surface area contributed by atoms with Crippen LogP contribution in [0.15, 0.2) is 48.5 Å². The number of hydrogen-bond acceptors (Lipinski definition) is 2. The van der Waals surface area contributed by atoms with Gasteiger partial charge in [0.05, 0.1) is 16.3 Å². The predicted molar refractivity (Wildman–Crippen MR) is 92.9 cm³/mol. The lowest BCUT2D eigenvalue weighted by molar-refractivity contribution is -0.143. The van der Waals surface area contributed by atoms with E-state index in [1.165, 1.54) is 12.1 Å². The molecule has 30 heavy (non-hydrogen) atoms. The van der Waals surface area contributed by atoms with Crippen LogP contribution in [0, 0.1) is 5.82 Å². The molecule has 4 nitrogen and oxygen atoms in total. The number of benzene rings is 2. The van der Waals surface area contributed by atoms with Gasteiger partial charge in [0.1, 0.15) is 11.5 Å². The van der Waals surface area contributed by atoms with Gasteiger partial charge in [-0.2, -0.15) is 31.4 Å². The minimum Gasteiger partial charge on any atom is -0.322 e. The Balaban J connectivity index is 1.89. The van der Waals surface area contributed by atoms with Crippen molar-refractivity contribution in [3.8, 4) is 5.69 Å². The minimum absolute atomic E-state index is 0.0524. The molecule has 12 heteroatoms. The molecule has 1 N–H and O–H groups in total. The van der Waals surface area contributed by atoms with Gasteiger partial charge < -0.3 is 5.32 Å². The van der Waals surface area contributed by atoms with Gasteiger partial charge in [0.2, 0.25) is 0 Å². The summed E-state index contributed by atoms with van der Waals surface area (Å²) in [5.41, 5.74) is -3.55. The third-order valence-electron chi connectivity index (χ3n) is 3.84. The summed E-state index contributed by atoms with van der Waals surface area (Å²) in [7, 11) is 0. The molecule has 0 bridgehead atoms. The zero-order valence-corrected chi connectivity index (χ0v) is 15.2. The number of halogens is 8. The van der Waals surface area contributed by atoms with Gasteiger partial charge >= 0.3 is 12.4 Å². The molecule has 0 fully saturated rings.